The van der Waals surface area contributed by atoms with E-state index in [-0.39, 0.29) is 27.1 Å². The number of fused-ring (bicyclic) bond motifs is 9. The van der Waals surface area contributed by atoms with Crippen molar-refractivity contribution in [2.75, 3.05) is 6.54 Å². The van der Waals surface area contributed by atoms with Crippen molar-refractivity contribution < 1.29 is 0 Å². The molecule has 288 valence electrons. The molecular formula is C56H59N. The Labute approximate surface area is 342 Å². The summed E-state index contributed by atoms with van der Waals surface area (Å²) in [5, 5.41) is 0. The lowest BCUT2D eigenvalue weighted by atomic mass is 9.73. The lowest BCUT2D eigenvalue weighted by molar-refractivity contribution is 0.568. The van der Waals surface area contributed by atoms with Crippen molar-refractivity contribution in [2.45, 2.75) is 109 Å². The Bertz CT molecular complexity index is 2470. The highest BCUT2D eigenvalue weighted by Crippen LogP contribution is 2.56. The molecule has 0 aromatic heterocycles. The number of benzene rings is 6. The molecule has 9 rings (SSSR count). The van der Waals surface area contributed by atoms with Gasteiger partial charge < -0.3 is 5.73 Å². The third-order valence-corrected chi connectivity index (χ3v) is 14.2. The molecule has 0 atom stereocenters. The summed E-state index contributed by atoms with van der Waals surface area (Å²) in [5.74, 6) is 0. The van der Waals surface area contributed by atoms with Gasteiger partial charge in [-0.25, -0.2) is 0 Å². The molecule has 2 N–H and O–H groups in total. The van der Waals surface area contributed by atoms with E-state index in [4.69, 9.17) is 5.73 Å². The summed E-state index contributed by atoms with van der Waals surface area (Å²) >= 11 is 0. The molecule has 1 heteroatoms. The van der Waals surface area contributed by atoms with Crippen LogP contribution in [0.4, 0.5) is 0 Å². The normalized spacial score (nSPS) is 16.3. The Morgan fingerprint density at radius 3 is 1.07 bits per heavy atom. The largest absolute Gasteiger partial charge is 0.330 e. The second kappa shape index (κ2) is 12.5. The highest BCUT2D eigenvalue weighted by Gasteiger charge is 2.42. The summed E-state index contributed by atoms with van der Waals surface area (Å²) in [7, 11) is 0. The molecule has 6 aromatic carbocycles. The van der Waals surface area contributed by atoms with Gasteiger partial charge >= 0.3 is 0 Å². The van der Waals surface area contributed by atoms with Crippen molar-refractivity contribution in [3.05, 3.63) is 166 Å². The van der Waals surface area contributed by atoms with Gasteiger partial charge in [0.15, 0.2) is 0 Å². The summed E-state index contributed by atoms with van der Waals surface area (Å²) in [6, 6.07) is 42.9. The first-order valence-corrected chi connectivity index (χ1v) is 21.1. The van der Waals surface area contributed by atoms with Gasteiger partial charge in [-0.05, 0) is 155 Å². The molecule has 6 aromatic rings. The predicted molar refractivity (Wildman–Crippen MR) is 245 cm³/mol. The van der Waals surface area contributed by atoms with E-state index in [1.54, 1.807) is 0 Å². The molecule has 0 heterocycles. The van der Waals surface area contributed by atoms with Crippen LogP contribution in [0.25, 0.3) is 55.6 Å². The molecule has 0 fully saturated rings. The van der Waals surface area contributed by atoms with Crippen LogP contribution in [0.5, 0.6) is 0 Å². The van der Waals surface area contributed by atoms with E-state index in [0.29, 0.717) is 6.54 Å². The molecule has 3 aliphatic rings. The first-order valence-electron chi connectivity index (χ1n) is 21.1. The van der Waals surface area contributed by atoms with Crippen LogP contribution in [0.2, 0.25) is 0 Å². The second-order valence-electron chi connectivity index (χ2n) is 20.4. The topological polar surface area (TPSA) is 26.0 Å². The third-order valence-electron chi connectivity index (χ3n) is 14.2. The first-order chi connectivity index (χ1) is 26.9. The van der Waals surface area contributed by atoms with E-state index < -0.39 is 0 Å². The summed E-state index contributed by atoms with van der Waals surface area (Å²) in [4.78, 5) is 0. The highest BCUT2D eigenvalue weighted by molar-refractivity contribution is 5.90. The van der Waals surface area contributed by atoms with Crippen molar-refractivity contribution in [3.8, 4) is 55.6 Å². The van der Waals surface area contributed by atoms with E-state index in [9.17, 15) is 0 Å². The highest BCUT2D eigenvalue weighted by atomic mass is 14.5. The van der Waals surface area contributed by atoms with Gasteiger partial charge in [-0.3, -0.25) is 0 Å². The van der Waals surface area contributed by atoms with Crippen molar-refractivity contribution in [1.82, 2.24) is 0 Å². The smallest absolute Gasteiger partial charge is 0.0392 e. The molecule has 0 amide bonds. The fourth-order valence-corrected chi connectivity index (χ4v) is 10.5. The lowest BCUT2D eigenvalue weighted by Gasteiger charge is -2.29. The minimum absolute atomic E-state index is 0.0811. The first kappa shape index (κ1) is 37.6. The number of nitrogens with two attached hydrogens (primary N) is 1. The van der Waals surface area contributed by atoms with Gasteiger partial charge in [0, 0.05) is 16.2 Å². The van der Waals surface area contributed by atoms with Crippen molar-refractivity contribution in [1.29, 1.82) is 0 Å². The molecule has 0 spiro atoms. The molecule has 0 bridgehead atoms. The summed E-state index contributed by atoms with van der Waals surface area (Å²) < 4.78 is 0. The third kappa shape index (κ3) is 5.52. The summed E-state index contributed by atoms with van der Waals surface area (Å²) in [6.07, 6.45) is 4.06. The van der Waals surface area contributed by atoms with E-state index in [1.165, 1.54) is 100 Å². The van der Waals surface area contributed by atoms with Gasteiger partial charge in [0.2, 0.25) is 0 Å². The Morgan fingerprint density at radius 1 is 0.456 bits per heavy atom. The molecule has 0 aliphatic heterocycles. The average molecular weight is 746 g/mol. The zero-order valence-electron chi connectivity index (χ0n) is 35.9. The minimum Gasteiger partial charge on any atom is -0.330 e. The molecule has 0 unspecified atom stereocenters. The standard InChI is InChI=1S/C56H59N/c1-12-56(26-13-27-57)50-30-36(34-14-20-40-42-24-18-38(52(2,3)4)32-48(42)54(8,9)46(40)28-34)16-22-44(50)45-23-17-37(31-51(45)56)35-15-21-41-43-25-19-39(53(5,6)7)33-49(43)55(10,11)47(41)29-35/h12,14-25,28-33H,1,13,26-27,57H2,2-11H3. The SMILES string of the molecule is C=CC1(CCCN)c2cc(-c3ccc4c(c3)C(C)(C)c3cc(C(C)(C)C)ccc3-4)ccc2-c2ccc(-c3ccc4c(c3)C(C)(C)c3cc(C(C)(C)C)ccc3-4)cc21. The van der Waals surface area contributed by atoms with Gasteiger partial charge in [-0.1, -0.05) is 160 Å². The van der Waals surface area contributed by atoms with Crippen LogP contribution in [0.15, 0.2) is 122 Å². The van der Waals surface area contributed by atoms with Gasteiger partial charge in [0.1, 0.15) is 0 Å². The van der Waals surface area contributed by atoms with Crippen molar-refractivity contribution in [3.63, 3.8) is 0 Å². The van der Waals surface area contributed by atoms with Gasteiger partial charge in [0.25, 0.3) is 0 Å². The maximum Gasteiger partial charge on any atom is 0.0392 e. The van der Waals surface area contributed by atoms with Crippen LogP contribution in [0, 0.1) is 0 Å². The molecule has 0 saturated heterocycles. The Balaban J connectivity index is 1.11. The molecular weight excluding hydrogens is 687 g/mol. The van der Waals surface area contributed by atoms with E-state index in [2.05, 4.69) is 191 Å². The average Bonchev–Trinajstić information content (AvgIpc) is 3.69. The molecule has 57 heavy (non-hydrogen) atoms. The minimum atomic E-state index is -0.332. The van der Waals surface area contributed by atoms with E-state index in [0.717, 1.165) is 12.8 Å². The lowest BCUT2D eigenvalue weighted by Crippen LogP contribution is -2.23. The number of allylic oxidation sites excluding steroid dienone is 1. The maximum absolute atomic E-state index is 6.26. The van der Waals surface area contributed by atoms with Crippen molar-refractivity contribution in [2.24, 2.45) is 5.73 Å². The maximum atomic E-state index is 6.26. The van der Waals surface area contributed by atoms with Gasteiger partial charge in [0.05, 0.1) is 0 Å². The fourth-order valence-electron chi connectivity index (χ4n) is 10.5. The zero-order chi connectivity index (χ0) is 40.4. The van der Waals surface area contributed by atoms with Crippen LogP contribution < -0.4 is 5.73 Å². The second-order valence-corrected chi connectivity index (χ2v) is 20.4. The number of hydrogen-bond acceptors (Lipinski definition) is 1. The summed E-state index contributed by atoms with van der Waals surface area (Å²) in [6.45, 7) is 28.6. The Morgan fingerprint density at radius 2 is 0.754 bits per heavy atom. The molecule has 1 nitrogen and oxygen atoms in total. The monoisotopic (exact) mass is 745 g/mol. The van der Waals surface area contributed by atoms with Crippen LogP contribution >= 0.6 is 0 Å². The van der Waals surface area contributed by atoms with E-state index in [1.807, 2.05) is 0 Å². The van der Waals surface area contributed by atoms with Gasteiger partial charge in [-0.15, -0.1) is 6.58 Å². The zero-order valence-corrected chi connectivity index (χ0v) is 35.9. The quantitative estimate of drug-likeness (QED) is 0.169. The number of hydrogen-bond donors (Lipinski definition) is 1. The van der Waals surface area contributed by atoms with Crippen LogP contribution in [-0.4, -0.2) is 6.54 Å². The fraction of sp³-hybridized carbons (Fsp3) is 0.321. The molecule has 3 aliphatic carbocycles. The van der Waals surface area contributed by atoms with Crippen LogP contribution in [0.3, 0.4) is 0 Å². The Kier molecular flexibility index (Phi) is 8.25. The predicted octanol–water partition coefficient (Wildman–Crippen LogP) is 14.4. The van der Waals surface area contributed by atoms with Gasteiger partial charge in [-0.2, -0.15) is 0 Å². The summed E-state index contributed by atoms with van der Waals surface area (Å²) in [5.41, 5.74) is 30.2. The van der Waals surface area contributed by atoms with Crippen LogP contribution in [0.1, 0.15) is 127 Å². The van der Waals surface area contributed by atoms with Crippen molar-refractivity contribution >= 4 is 0 Å². The molecule has 0 saturated carbocycles. The molecule has 0 radical (unpaired) electrons. The van der Waals surface area contributed by atoms with Crippen LogP contribution in [-0.2, 0) is 27.1 Å². The van der Waals surface area contributed by atoms with E-state index >= 15 is 0 Å². The number of rotatable bonds is 6. The Hall–Kier alpha value is -4.98.